The molecule has 0 saturated heterocycles. The number of hydrogen-bond donors (Lipinski definition) is 2. The van der Waals surface area contributed by atoms with Crippen LogP contribution in [0, 0.1) is 12.3 Å². The number of nitrogens with one attached hydrogen (secondary N) is 2. The van der Waals surface area contributed by atoms with E-state index in [9.17, 15) is 18.0 Å². The first-order chi connectivity index (χ1) is 16.2. The van der Waals surface area contributed by atoms with E-state index in [0.717, 1.165) is 30.1 Å². The number of benzene rings is 1. The molecule has 34 heavy (non-hydrogen) atoms. The molecule has 3 rings (SSSR count). The Hall–Kier alpha value is -4.02. The molecule has 2 N–H and O–H groups in total. The Labute approximate surface area is 194 Å². The second-order valence-corrected chi connectivity index (χ2v) is 7.38. The van der Waals surface area contributed by atoms with Crippen molar-refractivity contribution in [3.05, 3.63) is 65.5 Å². The van der Waals surface area contributed by atoms with Gasteiger partial charge in [0.05, 0.1) is 35.3 Å². The highest BCUT2D eigenvalue weighted by Gasteiger charge is 2.31. The molecule has 0 atom stereocenters. The molecule has 0 radical (unpaired) electrons. The topological polar surface area (TPSA) is 99.3 Å². The van der Waals surface area contributed by atoms with E-state index in [1.165, 1.54) is 6.21 Å². The number of hydrogen-bond acceptors (Lipinski definition) is 6. The van der Waals surface area contributed by atoms with E-state index in [1.807, 2.05) is 19.9 Å². The van der Waals surface area contributed by atoms with Gasteiger partial charge in [-0.3, -0.25) is 19.9 Å². The van der Waals surface area contributed by atoms with Crippen LogP contribution in [0.1, 0.15) is 28.4 Å². The van der Waals surface area contributed by atoms with Gasteiger partial charge in [0.1, 0.15) is 5.69 Å². The number of aromatic nitrogens is 3. The Morgan fingerprint density at radius 2 is 2.03 bits per heavy atom. The molecular weight excluding hydrogens is 447 g/mol. The minimum atomic E-state index is -4.46. The molecule has 0 aliphatic heterocycles. The Bertz CT molecular complexity index is 1190. The Morgan fingerprint density at radius 3 is 2.74 bits per heavy atom. The summed E-state index contributed by atoms with van der Waals surface area (Å²) in [6.07, 6.45) is 0.570. The number of anilines is 1. The fourth-order valence-electron chi connectivity index (χ4n) is 3.24. The number of nitrogens with zero attached hydrogens (tertiary/aromatic N) is 5. The molecule has 0 spiro atoms. The molecule has 0 saturated carbocycles. The van der Waals surface area contributed by atoms with Crippen LogP contribution in [-0.2, 0) is 12.7 Å². The Kier molecular flexibility index (Phi) is 7.77. The number of amides is 1. The molecular formula is C23H24F3N7O. The van der Waals surface area contributed by atoms with Gasteiger partial charge in [-0.2, -0.15) is 23.4 Å². The van der Waals surface area contributed by atoms with Crippen LogP contribution in [0.15, 0.2) is 53.9 Å². The highest BCUT2D eigenvalue weighted by molar-refractivity contribution is 6.14. The fourth-order valence-corrected chi connectivity index (χ4v) is 3.24. The van der Waals surface area contributed by atoms with E-state index < -0.39 is 11.7 Å². The van der Waals surface area contributed by atoms with Gasteiger partial charge in [0.15, 0.2) is 0 Å². The van der Waals surface area contributed by atoms with Gasteiger partial charge >= 0.3 is 6.18 Å². The molecule has 0 fully saturated rings. The number of carbonyl (C=O) groups is 1. The normalized spacial score (nSPS) is 11.6. The molecule has 0 bridgehead atoms. The lowest BCUT2D eigenvalue weighted by Crippen LogP contribution is -2.34. The van der Waals surface area contributed by atoms with Crippen molar-refractivity contribution in [2.45, 2.75) is 26.6 Å². The van der Waals surface area contributed by atoms with Crippen molar-refractivity contribution < 1.29 is 18.0 Å². The largest absolute Gasteiger partial charge is 0.416 e. The summed E-state index contributed by atoms with van der Waals surface area (Å²) in [7, 11) is 0. The average molecular weight is 471 g/mol. The monoisotopic (exact) mass is 471 g/mol. The molecule has 0 aliphatic rings. The number of likely N-dealkylation sites (N-methyl/N-ethyl adjacent to an activating group) is 1. The third kappa shape index (κ3) is 6.06. The molecule has 0 aliphatic carbocycles. The van der Waals surface area contributed by atoms with E-state index in [-0.39, 0.29) is 11.6 Å². The van der Waals surface area contributed by atoms with Crippen molar-refractivity contribution in [2.24, 2.45) is 5.10 Å². The average Bonchev–Trinajstić information content (AvgIpc) is 3.29. The molecule has 1 aromatic carbocycles. The zero-order valence-corrected chi connectivity index (χ0v) is 18.7. The van der Waals surface area contributed by atoms with Gasteiger partial charge in [-0.1, -0.05) is 11.6 Å². The number of pyridine rings is 1. The third-order valence-corrected chi connectivity index (χ3v) is 5.00. The summed E-state index contributed by atoms with van der Waals surface area (Å²) >= 11 is 0. The Morgan fingerprint density at radius 1 is 1.24 bits per heavy atom. The van der Waals surface area contributed by atoms with Gasteiger partial charge in [0, 0.05) is 31.7 Å². The van der Waals surface area contributed by atoms with E-state index in [0.29, 0.717) is 36.6 Å². The number of aryl methyl sites for hydroxylation is 1. The first-order valence-corrected chi connectivity index (χ1v) is 10.5. The van der Waals surface area contributed by atoms with Crippen LogP contribution in [0.3, 0.4) is 0 Å². The van der Waals surface area contributed by atoms with Crippen LogP contribution < -0.4 is 5.43 Å². The van der Waals surface area contributed by atoms with Gasteiger partial charge in [0.25, 0.3) is 5.91 Å². The van der Waals surface area contributed by atoms with Gasteiger partial charge < -0.3 is 10.3 Å². The maximum atomic E-state index is 13.2. The number of carbonyl (C=O) groups excluding carboxylic acids is 1. The maximum absolute atomic E-state index is 13.2. The Balaban J connectivity index is 1.73. The summed E-state index contributed by atoms with van der Waals surface area (Å²) < 4.78 is 40.5. The van der Waals surface area contributed by atoms with Gasteiger partial charge in [0.2, 0.25) is 0 Å². The van der Waals surface area contributed by atoms with Crippen molar-refractivity contribution in [2.75, 3.05) is 18.5 Å². The predicted molar refractivity (Wildman–Crippen MR) is 124 cm³/mol. The second-order valence-electron chi connectivity index (χ2n) is 7.38. The number of rotatable bonds is 9. The zero-order valence-electron chi connectivity index (χ0n) is 18.7. The summed E-state index contributed by atoms with van der Waals surface area (Å²) in [5.41, 5.74) is 4.30. The van der Waals surface area contributed by atoms with E-state index >= 15 is 0 Å². The standard InChI is InChI=1S/C23H24F3N7O/c1-3-32(22(34)18-14-16(2)4-5-19(18)30-29-10-8-27)12-13-33-11-7-20(31-33)21-15-17(6-9-28-21)23(24,25)26/h4-11,14-15,27,30H,3,12-13H2,1-2H3/b27-8?,29-10-. The minimum absolute atomic E-state index is 0.123. The summed E-state index contributed by atoms with van der Waals surface area (Å²) in [6, 6.07) is 8.82. The summed E-state index contributed by atoms with van der Waals surface area (Å²) in [5.74, 6) is -0.203. The SMILES string of the molecule is CCN(CCn1ccc(-c2cc(C(F)(F)F)ccn2)n1)C(=O)c1cc(C)ccc1N/N=C\C=N. The van der Waals surface area contributed by atoms with Crippen molar-refractivity contribution >= 4 is 24.0 Å². The van der Waals surface area contributed by atoms with E-state index in [2.05, 4.69) is 20.6 Å². The first kappa shape index (κ1) is 24.6. The quantitative estimate of drug-likeness (QED) is 0.355. The summed E-state index contributed by atoms with van der Waals surface area (Å²) in [4.78, 5) is 18.8. The van der Waals surface area contributed by atoms with Crippen molar-refractivity contribution in [3.63, 3.8) is 0 Å². The smallest absolute Gasteiger partial charge is 0.337 e. The highest BCUT2D eigenvalue weighted by atomic mass is 19.4. The summed E-state index contributed by atoms with van der Waals surface area (Å²) in [5, 5.41) is 15.2. The van der Waals surface area contributed by atoms with E-state index in [4.69, 9.17) is 5.41 Å². The predicted octanol–water partition coefficient (Wildman–Crippen LogP) is 4.48. The lowest BCUT2D eigenvalue weighted by Gasteiger charge is -2.22. The molecule has 178 valence electrons. The number of halogens is 3. The molecule has 2 heterocycles. The van der Waals surface area contributed by atoms with Crippen LogP contribution in [0.5, 0.6) is 0 Å². The highest BCUT2D eigenvalue weighted by Crippen LogP contribution is 2.30. The molecule has 3 aromatic rings. The van der Waals surface area contributed by atoms with Crippen LogP contribution >= 0.6 is 0 Å². The molecule has 8 nitrogen and oxygen atoms in total. The van der Waals surface area contributed by atoms with Crippen LogP contribution in [0.2, 0.25) is 0 Å². The minimum Gasteiger partial charge on any atom is -0.337 e. The van der Waals surface area contributed by atoms with Crippen LogP contribution in [0.25, 0.3) is 11.4 Å². The zero-order chi connectivity index (χ0) is 24.7. The van der Waals surface area contributed by atoms with Crippen molar-refractivity contribution in [1.29, 1.82) is 5.41 Å². The van der Waals surface area contributed by atoms with Gasteiger partial charge in [-0.05, 0) is 44.2 Å². The van der Waals surface area contributed by atoms with E-state index in [1.54, 1.807) is 34.0 Å². The van der Waals surface area contributed by atoms with Gasteiger partial charge in [-0.25, -0.2) is 0 Å². The molecule has 2 aromatic heterocycles. The molecule has 11 heteroatoms. The third-order valence-electron chi connectivity index (χ3n) is 5.00. The second kappa shape index (κ2) is 10.7. The maximum Gasteiger partial charge on any atom is 0.416 e. The number of hydrazone groups is 1. The van der Waals surface area contributed by atoms with Crippen LogP contribution in [0.4, 0.5) is 18.9 Å². The van der Waals surface area contributed by atoms with Gasteiger partial charge in [-0.15, -0.1) is 0 Å². The lowest BCUT2D eigenvalue weighted by atomic mass is 10.1. The first-order valence-electron chi connectivity index (χ1n) is 10.5. The fraction of sp³-hybridized carbons (Fsp3) is 0.261. The van der Waals surface area contributed by atoms with Crippen molar-refractivity contribution in [3.8, 4) is 11.4 Å². The molecule has 1 amide bonds. The van der Waals surface area contributed by atoms with Crippen molar-refractivity contribution in [1.82, 2.24) is 19.7 Å². The number of alkyl halides is 3. The van der Waals surface area contributed by atoms with Crippen LogP contribution in [-0.4, -0.2) is 51.1 Å². The summed E-state index contributed by atoms with van der Waals surface area (Å²) in [6.45, 7) is 4.86. The molecule has 0 unspecified atom stereocenters. The lowest BCUT2D eigenvalue weighted by molar-refractivity contribution is -0.137.